The van der Waals surface area contributed by atoms with Crippen LogP contribution in [0.4, 0.5) is 0 Å². The highest BCUT2D eigenvalue weighted by molar-refractivity contribution is 6.30. The fourth-order valence-corrected chi connectivity index (χ4v) is 2.21. The molecule has 92 valence electrons. The summed E-state index contributed by atoms with van der Waals surface area (Å²) in [4.78, 5) is 0. The Labute approximate surface area is 107 Å². The highest BCUT2D eigenvalue weighted by Gasteiger charge is 2.14. The van der Waals surface area contributed by atoms with Gasteiger partial charge in [0.05, 0.1) is 0 Å². The Hall–Kier alpha value is -0.990. The van der Waals surface area contributed by atoms with Gasteiger partial charge in [0, 0.05) is 16.6 Å². The zero-order valence-corrected chi connectivity index (χ0v) is 10.8. The number of halogens is 1. The average Bonchev–Trinajstić information content (AvgIpc) is 2.32. The third-order valence-electron chi connectivity index (χ3n) is 2.95. The first-order chi connectivity index (χ1) is 8.16. The van der Waals surface area contributed by atoms with Crippen molar-refractivity contribution < 1.29 is 4.74 Å². The van der Waals surface area contributed by atoms with Gasteiger partial charge in [0.25, 0.3) is 0 Å². The molecule has 1 aromatic carbocycles. The molecule has 1 aliphatic carbocycles. The molecule has 0 aromatic heterocycles. The average molecular weight is 252 g/mol. The molecular formula is C14H18ClNO. The molecule has 0 aliphatic heterocycles. The highest BCUT2D eigenvalue weighted by Crippen LogP contribution is 2.29. The van der Waals surface area contributed by atoms with E-state index in [4.69, 9.17) is 22.1 Å². The second-order valence-electron chi connectivity index (χ2n) is 4.49. The van der Waals surface area contributed by atoms with Crippen LogP contribution in [0.1, 0.15) is 37.8 Å². The molecule has 0 fully saturated rings. The molecule has 0 saturated carbocycles. The van der Waals surface area contributed by atoms with Gasteiger partial charge < -0.3 is 10.5 Å². The monoisotopic (exact) mass is 251 g/mol. The summed E-state index contributed by atoms with van der Waals surface area (Å²) in [6.45, 7) is 1.94. The summed E-state index contributed by atoms with van der Waals surface area (Å²) in [5.41, 5.74) is 6.90. The van der Waals surface area contributed by atoms with E-state index in [9.17, 15) is 0 Å². The number of ether oxygens (including phenoxy) is 1. The van der Waals surface area contributed by atoms with Gasteiger partial charge in [-0.2, -0.15) is 0 Å². The Morgan fingerprint density at radius 1 is 1.47 bits per heavy atom. The van der Waals surface area contributed by atoms with Crippen molar-refractivity contribution in [3.8, 4) is 5.75 Å². The van der Waals surface area contributed by atoms with Crippen LogP contribution in [0.2, 0.25) is 5.02 Å². The molecule has 3 heteroatoms. The minimum absolute atomic E-state index is 0.0729. The van der Waals surface area contributed by atoms with Crippen molar-refractivity contribution in [1.29, 1.82) is 0 Å². The second-order valence-corrected chi connectivity index (χ2v) is 4.92. The molecule has 0 saturated heterocycles. The lowest BCUT2D eigenvalue weighted by Crippen LogP contribution is -2.18. The van der Waals surface area contributed by atoms with Crippen molar-refractivity contribution in [1.82, 2.24) is 0 Å². The van der Waals surface area contributed by atoms with Crippen LogP contribution >= 0.6 is 11.6 Å². The lowest BCUT2D eigenvalue weighted by Gasteiger charge is -2.21. The molecule has 2 unspecified atom stereocenters. The molecule has 0 heterocycles. The Kier molecular flexibility index (Phi) is 4.08. The maximum absolute atomic E-state index is 5.98. The molecule has 0 bridgehead atoms. The highest BCUT2D eigenvalue weighted by atomic mass is 35.5. The van der Waals surface area contributed by atoms with E-state index in [1.54, 1.807) is 0 Å². The summed E-state index contributed by atoms with van der Waals surface area (Å²) >= 11 is 5.98. The molecule has 0 amide bonds. The van der Waals surface area contributed by atoms with Gasteiger partial charge in [-0.15, -0.1) is 0 Å². The predicted molar refractivity (Wildman–Crippen MR) is 71.5 cm³/mol. The van der Waals surface area contributed by atoms with Crippen LogP contribution in [0.3, 0.4) is 0 Å². The van der Waals surface area contributed by atoms with E-state index in [-0.39, 0.29) is 12.1 Å². The molecule has 2 rings (SSSR count). The van der Waals surface area contributed by atoms with E-state index >= 15 is 0 Å². The van der Waals surface area contributed by atoms with Crippen molar-refractivity contribution in [2.75, 3.05) is 0 Å². The maximum Gasteiger partial charge on any atom is 0.125 e. The smallest absolute Gasteiger partial charge is 0.125 e. The van der Waals surface area contributed by atoms with E-state index in [0.29, 0.717) is 5.02 Å². The maximum atomic E-state index is 5.98. The van der Waals surface area contributed by atoms with Gasteiger partial charge in [0.15, 0.2) is 0 Å². The number of hydrogen-bond donors (Lipinski definition) is 1. The van der Waals surface area contributed by atoms with Gasteiger partial charge in [-0.3, -0.25) is 0 Å². The predicted octanol–water partition coefficient (Wildman–Crippen LogP) is 3.85. The molecular weight excluding hydrogens is 234 g/mol. The zero-order chi connectivity index (χ0) is 12.3. The molecule has 1 aromatic rings. The molecule has 0 spiro atoms. The Morgan fingerprint density at radius 3 is 2.94 bits per heavy atom. The van der Waals surface area contributed by atoms with Crippen molar-refractivity contribution in [2.45, 2.75) is 38.3 Å². The molecule has 2 nitrogen and oxygen atoms in total. The van der Waals surface area contributed by atoms with Crippen molar-refractivity contribution >= 4 is 11.6 Å². The Morgan fingerprint density at radius 2 is 2.29 bits per heavy atom. The van der Waals surface area contributed by atoms with Crippen LogP contribution in [0, 0.1) is 0 Å². The first-order valence-electron chi connectivity index (χ1n) is 6.05. The van der Waals surface area contributed by atoms with Gasteiger partial charge in [-0.1, -0.05) is 17.7 Å². The summed E-state index contributed by atoms with van der Waals surface area (Å²) < 4.78 is 5.98. The van der Waals surface area contributed by atoms with Crippen LogP contribution in [0.5, 0.6) is 5.75 Å². The van der Waals surface area contributed by atoms with E-state index in [0.717, 1.165) is 24.2 Å². The number of allylic oxidation sites excluding steroid dienone is 1. The summed E-state index contributed by atoms with van der Waals surface area (Å²) in [5, 5.41) is 0.698. The van der Waals surface area contributed by atoms with Crippen molar-refractivity contribution in [3.63, 3.8) is 0 Å². The van der Waals surface area contributed by atoms with Crippen molar-refractivity contribution in [3.05, 3.63) is 40.9 Å². The summed E-state index contributed by atoms with van der Waals surface area (Å²) in [5.74, 6) is 0.848. The normalized spacial score (nSPS) is 21.2. The fourth-order valence-electron chi connectivity index (χ4n) is 2.02. The van der Waals surface area contributed by atoms with Crippen molar-refractivity contribution in [2.24, 2.45) is 5.73 Å². The number of benzene rings is 1. The number of nitrogens with two attached hydrogens (primary N) is 1. The number of hydrogen-bond acceptors (Lipinski definition) is 2. The molecule has 1 aliphatic rings. The first kappa shape index (κ1) is 12.5. The molecule has 0 radical (unpaired) electrons. The lowest BCUT2D eigenvalue weighted by molar-refractivity contribution is 0.227. The third kappa shape index (κ3) is 3.24. The van der Waals surface area contributed by atoms with Crippen LogP contribution < -0.4 is 10.5 Å². The van der Waals surface area contributed by atoms with Crippen LogP contribution in [-0.2, 0) is 0 Å². The van der Waals surface area contributed by atoms with Gasteiger partial charge in [0.1, 0.15) is 11.9 Å². The van der Waals surface area contributed by atoms with E-state index in [1.807, 2.05) is 25.1 Å². The summed E-state index contributed by atoms with van der Waals surface area (Å²) in [6.07, 6.45) is 7.88. The Balaban J connectivity index is 2.19. The van der Waals surface area contributed by atoms with Crippen LogP contribution in [0.25, 0.3) is 0 Å². The van der Waals surface area contributed by atoms with E-state index in [2.05, 4.69) is 12.2 Å². The minimum atomic E-state index is -0.0729. The Bertz CT molecular complexity index is 415. The largest absolute Gasteiger partial charge is 0.486 e. The SMILES string of the molecule is CC(N)c1cc(Cl)ccc1OC1C=CCCC1. The van der Waals surface area contributed by atoms with E-state index in [1.165, 1.54) is 6.42 Å². The quantitative estimate of drug-likeness (QED) is 0.829. The molecule has 2 N–H and O–H groups in total. The second kappa shape index (κ2) is 5.56. The van der Waals surface area contributed by atoms with Gasteiger partial charge in [-0.05, 0) is 50.5 Å². The van der Waals surface area contributed by atoms with E-state index < -0.39 is 0 Å². The van der Waals surface area contributed by atoms with Gasteiger partial charge >= 0.3 is 0 Å². The van der Waals surface area contributed by atoms with Gasteiger partial charge in [-0.25, -0.2) is 0 Å². The number of rotatable bonds is 3. The van der Waals surface area contributed by atoms with Gasteiger partial charge in [0.2, 0.25) is 0 Å². The fraction of sp³-hybridized carbons (Fsp3) is 0.429. The lowest BCUT2D eigenvalue weighted by atomic mass is 10.0. The minimum Gasteiger partial charge on any atom is -0.486 e. The molecule has 17 heavy (non-hydrogen) atoms. The standard InChI is InChI=1S/C14H18ClNO/c1-10(16)13-9-11(15)7-8-14(13)17-12-5-3-2-4-6-12/h3,5,7-10,12H,2,4,6,16H2,1H3. The summed E-state index contributed by atoms with van der Waals surface area (Å²) in [7, 11) is 0. The first-order valence-corrected chi connectivity index (χ1v) is 6.43. The van der Waals surface area contributed by atoms with Crippen LogP contribution in [0.15, 0.2) is 30.4 Å². The topological polar surface area (TPSA) is 35.2 Å². The molecule has 2 atom stereocenters. The third-order valence-corrected chi connectivity index (χ3v) is 3.19. The summed E-state index contributed by atoms with van der Waals surface area (Å²) in [6, 6.07) is 5.56. The zero-order valence-electron chi connectivity index (χ0n) is 10.0. The van der Waals surface area contributed by atoms with Crippen LogP contribution in [-0.4, -0.2) is 6.10 Å².